The highest BCUT2D eigenvalue weighted by atomic mass is 32.1. The summed E-state index contributed by atoms with van der Waals surface area (Å²) < 4.78 is 4.91. The molecule has 1 heterocycles. The van der Waals surface area contributed by atoms with Crippen molar-refractivity contribution in [2.75, 3.05) is 7.11 Å². The first kappa shape index (κ1) is 15.4. The first-order valence-electron chi connectivity index (χ1n) is 6.99. The number of carbonyl (C=O) groups is 1. The SMILES string of the molecule is COC(=O)[C@H]1CC[C@H](C(C)(O)c2nccs2)CC1(C)C. The van der Waals surface area contributed by atoms with E-state index >= 15 is 0 Å². The average Bonchev–Trinajstić information content (AvgIpc) is 2.91. The first-order valence-corrected chi connectivity index (χ1v) is 7.87. The Balaban J connectivity index is 2.17. The number of aromatic nitrogens is 1. The van der Waals surface area contributed by atoms with Crippen LogP contribution in [-0.2, 0) is 15.1 Å². The molecule has 0 amide bonds. The van der Waals surface area contributed by atoms with Crippen molar-refractivity contribution in [3.8, 4) is 0 Å². The van der Waals surface area contributed by atoms with Crippen LogP contribution in [-0.4, -0.2) is 23.2 Å². The molecule has 0 bridgehead atoms. The lowest BCUT2D eigenvalue weighted by Crippen LogP contribution is -2.44. The number of methoxy groups -OCH3 is 1. The summed E-state index contributed by atoms with van der Waals surface area (Å²) in [5.41, 5.74) is -1.09. The largest absolute Gasteiger partial charge is 0.469 e. The molecule has 0 aliphatic heterocycles. The van der Waals surface area contributed by atoms with Crippen LogP contribution in [0.5, 0.6) is 0 Å². The summed E-state index contributed by atoms with van der Waals surface area (Å²) in [6, 6.07) is 0. The number of esters is 1. The summed E-state index contributed by atoms with van der Waals surface area (Å²) in [5, 5.41) is 13.5. The molecule has 1 aliphatic carbocycles. The van der Waals surface area contributed by atoms with Crippen LogP contribution < -0.4 is 0 Å². The van der Waals surface area contributed by atoms with Crippen LogP contribution in [0.3, 0.4) is 0 Å². The topological polar surface area (TPSA) is 59.4 Å². The number of rotatable bonds is 3. The van der Waals surface area contributed by atoms with Gasteiger partial charge in [-0.05, 0) is 37.5 Å². The number of ether oxygens (including phenoxy) is 1. The van der Waals surface area contributed by atoms with Crippen molar-refractivity contribution in [3.63, 3.8) is 0 Å². The monoisotopic (exact) mass is 297 g/mol. The van der Waals surface area contributed by atoms with Crippen molar-refractivity contribution >= 4 is 17.3 Å². The Kier molecular flexibility index (Phi) is 4.21. The summed E-state index contributed by atoms with van der Waals surface area (Å²) in [4.78, 5) is 16.1. The highest BCUT2D eigenvalue weighted by molar-refractivity contribution is 7.09. The van der Waals surface area contributed by atoms with Crippen molar-refractivity contribution in [1.82, 2.24) is 4.98 Å². The van der Waals surface area contributed by atoms with E-state index in [1.54, 1.807) is 6.20 Å². The van der Waals surface area contributed by atoms with E-state index in [2.05, 4.69) is 18.8 Å². The zero-order valence-electron chi connectivity index (χ0n) is 12.5. The van der Waals surface area contributed by atoms with E-state index in [4.69, 9.17) is 4.74 Å². The van der Waals surface area contributed by atoms with Crippen LogP contribution in [0, 0.1) is 17.3 Å². The number of carbonyl (C=O) groups excluding carboxylic acids is 1. The number of aliphatic hydroxyl groups is 1. The van der Waals surface area contributed by atoms with Gasteiger partial charge in [0.25, 0.3) is 0 Å². The van der Waals surface area contributed by atoms with Crippen LogP contribution in [0.25, 0.3) is 0 Å². The Labute approximate surface area is 124 Å². The Morgan fingerprint density at radius 1 is 1.55 bits per heavy atom. The van der Waals surface area contributed by atoms with Gasteiger partial charge in [0.05, 0.1) is 13.0 Å². The molecule has 3 atom stereocenters. The number of nitrogens with zero attached hydrogens (tertiary/aromatic N) is 1. The third-order valence-electron chi connectivity index (χ3n) is 4.67. The van der Waals surface area contributed by atoms with Gasteiger partial charge in [0.2, 0.25) is 0 Å². The third kappa shape index (κ3) is 2.74. The summed E-state index contributed by atoms with van der Waals surface area (Å²) in [7, 11) is 1.44. The second-order valence-electron chi connectivity index (χ2n) is 6.53. The lowest BCUT2D eigenvalue weighted by molar-refractivity contribution is -0.155. The van der Waals surface area contributed by atoms with E-state index in [9.17, 15) is 9.90 Å². The molecule has 1 aromatic rings. The Hall–Kier alpha value is -0.940. The normalized spacial score (nSPS) is 28.6. The minimum atomic E-state index is -0.924. The Bertz CT molecular complexity index is 467. The van der Waals surface area contributed by atoms with Gasteiger partial charge in [-0.3, -0.25) is 4.79 Å². The quantitative estimate of drug-likeness (QED) is 0.871. The molecule has 5 heteroatoms. The molecule has 1 saturated carbocycles. The van der Waals surface area contributed by atoms with Crippen LogP contribution in [0.4, 0.5) is 0 Å². The molecule has 0 spiro atoms. The van der Waals surface area contributed by atoms with Gasteiger partial charge in [-0.15, -0.1) is 11.3 Å². The second kappa shape index (κ2) is 5.45. The van der Waals surface area contributed by atoms with Crippen molar-refractivity contribution in [2.24, 2.45) is 17.3 Å². The van der Waals surface area contributed by atoms with Crippen molar-refractivity contribution in [1.29, 1.82) is 0 Å². The van der Waals surface area contributed by atoms with E-state index in [0.29, 0.717) is 0 Å². The summed E-state index contributed by atoms with van der Waals surface area (Å²) in [6.45, 7) is 6.00. The fourth-order valence-electron chi connectivity index (χ4n) is 3.34. The molecule has 2 rings (SSSR count). The molecule has 1 unspecified atom stereocenters. The molecular formula is C15H23NO3S. The van der Waals surface area contributed by atoms with Gasteiger partial charge in [0.1, 0.15) is 10.6 Å². The van der Waals surface area contributed by atoms with E-state index in [0.717, 1.165) is 24.3 Å². The molecule has 1 fully saturated rings. The lowest BCUT2D eigenvalue weighted by atomic mass is 9.61. The molecule has 1 aliphatic rings. The van der Waals surface area contributed by atoms with E-state index in [-0.39, 0.29) is 23.2 Å². The highest BCUT2D eigenvalue weighted by Gasteiger charge is 2.47. The first-order chi connectivity index (χ1) is 9.29. The van der Waals surface area contributed by atoms with Gasteiger partial charge >= 0.3 is 5.97 Å². The smallest absolute Gasteiger partial charge is 0.309 e. The molecule has 0 aromatic carbocycles. The summed E-state index contributed by atoms with van der Waals surface area (Å²) in [5.74, 6) is -0.109. The zero-order valence-corrected chi connectivity index (χ0v) is 13.4. The molecule has 1 N–H and O–H groups in total. The molecule has 112 valence electrons. The van der Waals surface area contributed by atoms with Crippen molar-refractivity contribution in [3.05, 3.63) is 16.6 Å². The maximum Gasteiger partial charge on any atom is 0.309 e. The van der Waals surface area contributed by atoms with E-state index < -0.39 is 5.60 Å². The predicted octanol–water partition coefficient (Wildman–Crippen LogP) is 2.97. The highest BCUT2D eigenvalue weighted by Crippen LogP contribution is 2.49. The molecule has 0 radical (unpaired) electrons. The van der Waals surface area contributed by atoms with Crippen molar-refractivity contribution in [2.45, 2.75) is 45.6 Å². The van der Waals surface area contributed by atoms with Gasteiger partial charge < -0.3 is 9.84 Å². The van der Waals surface area contributed by atoms with Gasteiger partial charge in [0.15, 0.2) is 0 Å². The molecular weight excluding hydrogens is 274 g/mol. The van der Waals surface area contributed by atoms with Crippen molar-refractivity contribution < 1.29 is 14.6 Å². The van der Waals surface area contributed by atoms with E-state index in [1.807, 2.05) is 12.3 Å². The average molecular weight is 297 g/mol. The lowest BCUT2D eigenvalue weighted by Gasteiger charge is -2.45. The maximum atomic E-state index is 11.9. The van der Waals surface area contributed by atoms with E-state index in [1.165, 1.54) is 18.4 Å². The fraction of sp³-hybridized carbons (Fsp3) is 0.733. The number of hydrogen-bond donors (Lipinski definition) is 1. The number of hydrogen-bond acceptors (Lipinski definition) is 5. The minimum absolute atomic E-state index is 0.0872. The van der Waals surface area contributed by atoms with Gasteiger partial charge in [-0.25, -0.2) is 4.98 Å². The standard InChI is InChI=1S/C15H23NO3S/c1-14(2)9-10(5-6-11(14)12(17)19-4)15(3,18)13-16-7-8-20-13/h7-8,10-11,18H,5-6,9H2,1-4H3/t10-,11+,15?/m0/s1. The maximum absolute atomic E-state index is 11.9. The zero-order chi connectivity index (χ0) is 15.0. The van der Waals surface area contributed by atoms with Gasteiger partial charge in [-0.1, -0.05) is 13.8 Å². The molecule has 20 heavy (non-hydrogen) atoms. The number of thiazole rings is 1. The minimum Gasteiger partial charge on any atom is -0.469 e. The summed E-state index contributed by atoms with van der Waals surface area (Å²) in [6.07, 6.45) is 4.08. The molecule has 0 saturated heterocycles. The summed E-state index contributed by atoms with van der Waals surface area (Å²) >= 11 is 1.48. The molecule has 1 aromatic heterocycles. The van der Waals surface area contributed by atoms with Gasteiger partial charge in [-0.2, -0.15) is 0 Å². The van der Waals surface area contributed by atoms with Crippen LogP contribution in [0.2, 0.25) is 0 Å². The van der Waals surface area contributed by atoms with Crippen LogP contribution >= 0.6 is 11.3 Å². The second-order valence-corrected chi connectivity index (χ2v) is 7.42. The third-order valence-corrected chi connectivity index (χ3v) is 5.67. The Morgan fingerprint density at radius 3 is 2.75 bits per heavy atom. The van der Waals surface area contributed by atoms with Crippen LogP contribution in [0.1, 0.15) is 45.0 Å². The fourth-order valence-corrected chi connectivity index (χ4v) is 4.12. The Morgan fingerprint density at radius 2 is 2.25 bits per heavy atom. The van der Waals surface area contributed by atoms with Gasteiger partial charge in [0, 0.05) is 11.6 Å². The van der Waals surface area contributed by atoms with Crippen LogP contribution in [0.15, 0.2) is 11.6 Å². The predicted molar refractivity (Wildman–Crippen MR) is 78.3 cm³/mol. The molecule has 4 nitrogen and oxygen atoms in total.